The van der Waals surface area contributed by atoms with Crippen molar-refractivity contribution >= 4 is 46.7 Å². The van der Waals surface area contributed by atoms with Crippen LogP contribution < -0.4 is 10.2 Å². The molecule has 5 rings (SSSR count). The van der Waals surface area contributed by atoms with Crippen LogP contribution in [0.2, 0.25) is 5.02 Å². The van der Waals surface area contributed by atoms with E-state index in [1.54, 1.807) is 49.4 Å². The van der Waals surface area contributed by atoms with Gasteiger partial charge in [-0.1, -0.05) is 23.7 Å². The van der Waals surface area contributed by atoms with Gasteiger partial charge in [0.05, 0.1) is 55.9 Å². The zero-order valence-corrected chi connectivity index (χ0v) is 28.7. The largest absolute Gasteiger partial charge is 0.465 e. The summed E-state index contributed by atoms with van der Waals surface area (Å²) in [4.78, 5) is 53.1. The number of ether oxygens (including phenoxy) is 5. The number of esters is 1. The summed E-state index contributed by atoms with van der Waals surface area (Å²) >= 11 is 6.07. The van der Waals surface area contributed by atoms with Crippen molar-refractivity contribution in [1.29, 1.82) is 0 Å². The number of allylic oxidation sites excluding steroid dienone is 1. The second-order valence-electron chi connectivity index (χ2n) is 11.6. The summed E-state index contributed by atoms with van der Waals surface area (Å²) in [5, 5.41) is 12.1. The van der Waals surface area contributed by atoms with Gasteiger partial charge in [0.2, 0.25) is 6.29 Å². The number of carbonyl (C=O) groups is 4. The molecule has 13 heteroatoms. The van der Waals surface area contributed by atoms with Crippen LogP contribution in [0.25, 0.3) is 0 Å². The van der Waals surface area contributed by atoms with Crippen LogP contribution in [0.15, 0.2) is 72.5 Å². The number of hydrogen-bond donors (Lipinski definition) is 2. The van der Waals surface area contributed by atoms with Crippen LogP contribution in [0.5, 0.6) is 0 Å². The van der Waals surface area contributed by atoms with Crippen molar-refractivity contribution in [3.63, 3.8) is 0 Å². The quantitative estimate of drug-likeness (QED) is 0.122. The van der Waals surface area contributed by atoms with Gasteiger partial charge in [-0.15, -0.1) is 0 Å². The molecule has 12 nitrogen and oxygen atoms in total. The van der Waals surface area contributed by atoms with Gasteiger partial charge in [0.15, 0.2) is 5.76 Å². The van der Waals surface area contributed by atoms with E-state index in [0.29, 0.717) is 60.4 Å². The van der Waals surface area contributed by atoms with E-state index >= 15 is 0 Å². The second kappa shape index (κ2) is 16.9. The Morgan fingerprint density at radius 1 is 0.940 bits per heavy atom. The van der Waals surface area contributed by atoms with Gasteiger partial charge >= 0.3 is 5.97 Å². The van der Waals surface area contributed by atoms with E-state index in [1.807, 2.05) is 19.1 Å². The molecule has 0 aromatic heterocycles. The first kappa shape index (κ1) is 36.7. The Morgan fingerprint density at radius 2 is 1.66 bits per heavy atom. The van der Waals surface area contributed by atoms with Crippen LogP contribution in [0.3, 0.4) is 0 Å². The average Bonchev–Trinajstić information content (AvgIpc) is 3.35. The van der Waals surface area contributed by atoms with Crippen molar-refractivity contribution in [2.75, 3.05) is 57.0 Å². The van der Waals surface area contributed by atoms with Crippen LogP contribution in [0, 0.1) is 12.8 Å². The zero-order chi connectivity index (χ0) is 35.8. The SMILES string of the molecule is CCO[C@@H]1OC(C(=O)Nc2ccc(N3C(=O)c4ccc(Cl)cc4C3=O)c(C)c2)=C[C@H](c2ccc(C(=O)OC)cc2)[C@H]1CCOCCOCCO. The highest BCUT2D eigenvalue weighted by Crippen LogP contribution is 2.39. The average molecular weight is 707 g/mol. The van der Waals surface area contributed by atoms with Crippen molar-refractivity contribution in [2.24, 2.45) is 5.92 Å². The molecule has 0 saturated heterocycles. The van der Waals surface area contributed by atoms with Gasteiger partial charge in [-0.3, -0.25) is 14.4 Å². The number of fused-ring (bicyclic) bond motifs is 1. The number of hydrogen-bond acceptors (Lipinski definition) is 10. The molecule has 0 spiro atoms. The summed E-state index contributed by atoms with van der Waals surface area (Å²) in [6.07, 6.45) is 1.46. The Hall–Kier alpha value is -4.59. The number of methoxy groups -OCH3 is 1. The van der Waals surface area contributed by atoms with Crippen molar-refractivity contribution in [3.8, 4) is 0 Å². The third-order valence-electron chi connectivity index (χ3n) is 8.40. The number of amides is 3. The zero-order valence-electron chi connectivity index (χ0n) is 28.0. The minimum atomic E-state index is -0.795. The molecule has 50 heavy (non-hydrogen) atoms. The number of aliphatic hydroxyl groups excluding tert-OH is 1. The minimum Gasteiger partial charge on any atom is -0.465 e. The molecule has 0 bridgehead atoms. The predicted octanol–water partition coefficient (Wildman–Crippen LogP) is 5.27. The normalized spacial score (nSPS) is 18.4. The number of imide groups is 1. The molecule has 3 aromatic rings. The van der Waals surface area contributed by atoms with Gasteiger partial charge in [0, 0.05) is 35.8 Å². The van der Waals surface area contributed by atoms with Crippen LogP contribution in [-0.4, -0.2) is 81.8 Å². The first-order valence-electron chi connectivity index (χ1n) is 16.2. The first-order chi connectivity index (χ1) is 24.2. The summed E-state index contributed by atoms with van der Waals surface area (Å²) in [6, 6.07) is 16.4. The Bertz CT molecular complexity index is 1760. The van der Waals surface area contributed by atoms with E-state index < -0.39 is 30.0 Å². The number of carbonyl (C=O) groups excluding carboxylic acids is 4. The molecular weight excluding hydrogens is 668 g/mol. The van der Waals surface area contributed by atoms with Crippen molar-refractivity contribution in [2.45, 2.75) is 32.5 Å². The number of nitrogens with one attached hydrogen (secondary N) is 1. The molecule has 3 atom stereocenters. The van der Waals surface area contributed by atoms with E-state index in [2.05, 4.69) is 5.32 Å². The van der Waals surface area contributed by atoms with Gasteiger partial charge in [-0.2, -0.15) is 0 Å². The standard InChI is InChI=1S/C37H39ClN2O10/c1-4-49-37-28(13-15-47-17-18-48-16-14-41)29(23-5-7-24(8-6-23)36(45)46-3)21-32(50-37)33(42)39-26-10-12-31(22(2)19-26)40-34(43)27-11-9-25(38)20-30(27)35(40)44/h5-12,19-21,28-29,37,41H,4,13-18H2,1-3H3,(H,39,42)/t28-,29-,37-/m1/s1. The molecule has 2 heterocycles. The molecule has 2 N–H and O–H groups in total. The third-order valence-corrected chi connectivity index (χ3v) is 8.64. The molecule has 3 amide bonds. The lowest BCUT2D eigenvalue weighted by Crippen LogP contribution is -2.38. The summed E-state index contributed by atoms with van der Waals surface area (Å²) < 4.78 is 28.1. The smallest absolute Gasteiger partial charge is 0.337 e. The second-order valence-corrected chi connectivity index (χ2v) is 12.0. The predicted molar refractivity (Wildman–Crippen MR) is 184 cm³/mol. The summed E-state index contributed by atoms with van der Waals surface area (Å²) in [6.45, 7) is 5.11. The highest BCUT2D eigenvalue weighted by Gasteiger charge is 2.39. The van der Waals surface area contributed by atoms with Crippen molar-refractivity contribution in [3.05, 3.63) is 105 Å². The number of rotatable bonds is 15. The number of aryl methyl sites for hydroxylation is 1. The number of benzene rings is 3. The molecule has 3 aromatic carbocycles. The Balaban J connectivity index is 1.36. The van der Waals surface area contributed by atoms with Gasteiger partial charge in [-0.05, 0) is 86.0 Å². The number of nitrogens with zero attached hydrogens (tertiary/aromatic N) is 1. The maximum absolute atomic E-state index is 13.7. The van der Waals surface area contributed by atoms with Crippen LogP contribution in [0.1, 0.15) is 61.5 Å². The molecule has 2 aliphatic heterocycles. The fourth-order valence-corrected chi connectivity index (χ4v) is 6.16. The van der Waals surface area contributed by atoms with Crippen LogP contribution in [-0.2, 0) is 28.5 Å². The summed E-state index contributed by atoms with van der Waals surface area (Å²) in [5.74, 6) is -2.49. The van der Waals surface area contributed by atoms with E-state index in [9.17, 15) is 19.2 Å². The maximum Gasteiger partial charge on any atom is 0.337 e. The molecule has 2 aliphatic rings. The number of halogens is 1. The Labute approximate surface area is 294 Å². The van der Waals surface area contributed by atoms with E-state index in [0.717, 1.165) is 10.5 Å². The topological polar surface area (TPSA) is 150 Å². The fourth-order valence-electron chi connectivity index (χ4n) is 5.99. The lowest BCUT2D eigenvalue weighted by atomic mass is 9.81. The Kier molecular flexibility index (Phi) is 12.4. The van der Waals surface area contributed by atoms with Crippen LogP contribution in [0.4, 0.5) is 11.4 Å². The molecule has 0 unspecified atom stereocenters. The molecule has 0 fully saturated rings. The minimum absolute atomic E-state index is 0.0408. The molecule has 0 aliphatic carbocycles. The van der Waals surface area contributed by atoms with Gasteiger partial charge in [0.1, 0.15) is 0 Å². The third kappa shape index (κ3) is 8.23. The molecule has 0 radical (unpaired) electrons. The van der Waals surface area contributed by atoms with Gasteiger partial charge in [-0.25, -0.2) is 9.69 Å². The Morgan fingerprint density at radius 3 is 2.34 bits per heavy atom. The van der Waals surface area contributed by atoms with Gasteiger partial charge in [0.25, 0.3) is 17.7 Å². The maximum atomic E-state index is 13.7. The highest BCUT2D eigenvalue weighted by atomic mass is 35.5. The number of aliphatic hydroxyl groups is 1. The molecule has 264 valence electrons. The highest BCUT2D eigenvalue weighted by molar-refractivity contribution is 6.37. The van der Waals surface area contributed by atoms with E-state index in [-0.39, 0.29) is 41.9 Å². The summed E-state index contributed by atoms with van der Waals surface area (Å²) in [7, 11) is 1.32. The van der Waals surface area contributed by atoms with Gasteiger partial charge < -0.3 is 34.1 Å². The summed E-state index contributed by atoms with van der Waals surface area (Å²) in [5.41, 5.74) is 3.11. The monoisotopic (exact) mass is 706 g/mol. The van der Waals surface area contributed by atoms with Crippen molar-refractivity contribution in [1.82, 2.24) is 0 Å². The molecular formula is C37H39ClN2O10. The lowest BCUT2D eigenvalue weighted by molar-refractivity contribution is -0.166. The lowest BCUT2D eigenvalue weighted by Gasteiger charge is -2.37. The first-order valence-corrected chi connectivity index (χ1v) is 16.6. The fraction of sp³-hybridized carbons (Fsp3) is 0.351. The van der Waals surface area contributed by atoms with Crippen molar-refractivity contribution < 1.29 is 48.0 Å². The molecule has 0 saturated carbocycles. The number of anilines is 2. The van der Waals surface area contributed by atoms with Crippen LogP contribution >= 0.6 is 11.6 Å². The van der Waals surface area contributed by atoms with E-state index in [1.165, 1.54) is 19.2 Å². The van der Waals surface area contributed by atoms with E-state index in [4.69, 9.17) is 40.4 Å².